The van der Waals surface area contributed by atoms with E-state index >= 15 is 0 Å². The molecule has 2 aliphatic heterocycles. The molecule has 31 heavy (non-hydrogen) atoms. The van der Waals surface area contributed by atoms with Gasteiger partial charge in [0.2, 0.25) is 5.91 Å². The number of ether oxygens (including phenoxy) is 2. The highest BCUT2D eigenvalue weighted by Crippen LogP contribution is 2.69. The minimum absolute atomic E-state index is 0.0191. The van der Waals surface area contributed by atoms with E-state index in [0.717, 1.165) is 39.0 Å². The van der Waals surface area contributed by atoms with Crippen LogP contribution in [-0.4, -0.2) is 46.2 Å². The van der Waals surface area contributed by atoms with Crippen molar-refractivity contribution in [3.8, 4) is 11.5 Å². The molecule has 2 N–H and O–H groups in total. The van der Waals surface area contributed by atoms with Crippen LogP contribution >= 0.6 is 0 Å². The predicted molar refractivity (Wildman–Crippen MR) is 114 cm³/mol. The van der Waals surface area contributed by atoms with E-state index in [0.29, 0.717) is 31.6 Å². The summed E-state index contributed by atoms with van der Waals surface area (Å²) in [5.41, 5.74) is 3.73. The molecule has 0 saturated carbocycles. The fourth-order valence-electron chi connectivity index (χ4n) is 7.16. The highest BCUT2D eigenvalue weighted by molar-refractivity contribution is 5.86. The number of carbonyl (C=O) groups excluding carboxylic acids is 1. The second-order valence-corrected chi connectivity index (χ2v) is 9.45. The fourth-order valence-corrected chi connectivity index (χ4v) is 7.16. The predicted octanol–water partition coefficient (Wildman–Crippen LogP) is 3.01. The third-order valence-corrected chi connectivity index (χ3v) is 8.38. The van der Waals surface area contributed by atoms with Gasteiger partial charge in [0, 0.05) is 36.4 Å². The number of para-hydroxylation sites is 1. The van der Waals surface area contributed by atoms with Gasteiger partial charge in [-0.3, -0.25) is 4.79 Å². The Labute approximate surface area is 179 Å². The van der Waals surface area contributed by atoms with Crippen LogP contribution in [0.15, 0.2) is 36.4 Å². The summed E-state index contributed by atoms with van der Waals surface area (Å²) in [4.78, 5) is 18.1. The van der Waals surface area contributed by atoms with E-state index in [1.807, 2.05) is 23.1 Å². The summed E-state index contributed by atoms with van der Waals surface area (Å²) in [7, 11) is 1.66. The molecular formula is C25H24N2O4. The summed E-state index contributed by atoms with van der Waals surface area (Å²) < 4.78 is 12.4. The van der Waals surface area contributed by atoms with E-state index < -0.39 is 11.0 Å². The topological polar surface area (TPSA) is 74.8 Å². The summed E-state index contributed by atoms with van der Waals surface area (Å²) in [5.74, 6) is 1.48. The molecule has 1 fully saturated rings. The van der Waals surface area contributed by atoms with Gasteiger partial charge >= 0.3 is 0 Å². The maximum atomic E-state index is 12.6. The highest BCUT2D eigenvalue weighted by Gasteiger charge is 2.73. The molecule has 0 radical (unpaired) electrons. The molecule has 7 rings (SSSR count). The lowest BCUT2D eigenvalue weighted by atomic mass is 9.49. The number of likely N-dealkylation sites (tertiary alicyclic amines) is 1. The highest BCUT2D eigenvalue weighted by atomic mass is 16.5. The quantitative estimate of drug-likeness (QED) is 0.640. The molecule has 1 saturated heterocycles. The number of aromatic nitrogens is 1. The number of H-pyrrole nitrogens is 1. The van der Waals surface area contributed by atoms with E-state index in [2.05, 4.69) is 23.2 Å². The number of rotatable bonds is 1. The van der Waals surface area contributed by atoms with Crippen molar-refractivity contribution >= 4 is 16.8 Å². The lowest BCUT2D eigenvalue weighted by Crippen LogP contribution is -2.74. The first-order valence-corrected chi connectivity index (χ1v) is 11.0. The monoisotopic (exact) mass is 416 g/mol. The van der Waals surface area contributed by atoms with E-state index in [9.17, 15) is 9.90 Å². The summed E-state index contributed by atoms with van der Waals surface area (Å²) in [5, 5.41) is 13.7. The van der Waals surface area contributed by atoms with Gasteiger partial charge in [-0.15, -0.1) is 0 Å². The Morgan fingerprint density at radius 2 is 2.13 bits per heavy atom. The molecule has 1 amide bonds. The van der Waals surface area contributed by atoms with Crippen molar-refractivity contribution in [2.75, 3.05) is 13.7 Å². The van der Waals surface area contributed by atoms with E-state index in [-0.39, 0.29) is 18.1 Å². The molecular weight excluding hydrogens is 392 g/mol. The summed E-state index contributed by atoms with van der Waals surface area (Å²) in [6.07, 6.45) is 1.44. The van der Waals surface area contributed by atoms with Gasteiger partial charge < -0.3 is 24.5 Å². The van der Waals surface area contributed by atoms with E-state index in [1.54, 1.807) is 14.0 Å². The Kier molecular flexibility index (Phi) is 3.09. The van der Waals surface area contributed by atoms with Crippen LogP contribution in [0.2, 0.25) is 0 Å². The first-order chi connectivity index (χ1) is 15.0. The van der Waals surface area contributed by atoms with Crippen LogP contribution in [0.1, 0.15) is 41.8 Å². The third kappa shape index (κ3) is 1.80. The number of methoxy groups -OCH3 is 1. The largest absolute Gasteiger partial charge is 0.493 e. The zero-order chi connectivity index (χ0) is 21.1. The van der Waals surface area contributed by atoms with Crippen LogP contribution in [0.4, 0.5) is 0 Å². The lowest BCUT2D eigenvalue weighted by molar-refractivity contribution is -0.181. The fraction of sp³-hybridized carbons (Fsp3) is 0.400. The van der Waals surface area contributed by atoms with Crippen molar-refractivity contribution in [2.24, 2.45) is 0 Å². The van der Waals surface area contributed by atoms with Crippen LogP contribution in [0.25, 0.3) is 10.9 Å². The van der Waals surface area contributed by atoms with Crippen LogP contribution in [0.5, 0.6) is 11.5 Å². The molecule has 4 aliphatic rings. The number of aromatic amines is 1. The number of hydrogen-bond donors (Lipinski definition) is 2. The van der Waals surface area contributed by atoms with Crippen molar-refractivity contribution in [1.82, 2.24) is 9.88 Å². The number of hydrogen-bond acceptors (Lipinski definition) is 4. The number of amides is 1. The standard InChI is InChI=1S/C25H24N2O4/c1-13(28)27-10-9-24-20-14-7-8-18(30-2)22(20)31-23(24)21-16(12-25(24,29)19(27)11-14)15-5-3-4-6-17(15)26-21/h3-8,19,23,26,29H,9-12H2,1-2H3/t19-,23+,24+,25-/m1/s1. The molecule has 2 aliphatic carbocycles. The smallest absolute Gasteiger partial charge is 0.219 e. The zero-order valence-corrected chi connectivity index (χ0v) is 17.6. The number of aliphatic hydroxyl groups is 1. The average Bonchev–Trinajstić information content (AvgIpc) is 3.28. The third-order valence-electron chi connectivity index (χ3n) is 8.38. The van der Waals surface area contributed by atoms with Gasteiger partial charge in [0.25, 0.3) is 0 Å². The van der Waals surface area contributed by atoms with E-state index in [1.165, 1.54) is 0 Å². The molecule has 4 atom stereocenters. The van der Waals surface area contributed by atoms with Gasteiger partial charge in [-0.1, -0.05) is 24.3 Å². The van der Waals surface area contributed by atoms with Crippen molar-refractivity contribution in [3.63, 3.8) is 0 Å². The number of fused-ring (bicyclic) bond motifs is 4. The lowest BCUT2D eigenvalue weighted by Gasteiger charge is -2.62. The van der Waals surface area contributed by atoms with Crippen LogP contribution < -0.4 is 9.47 Å². The van der Waals surface area contributed by atoms with Gasteiger partial charge in [-0.05, 0) is 36.1 Å². The number of carbonyl (C=O) groups is 1. The van der Waals surface area contributed by atoms with Gasteiger partial charge in [-0.25, -0.2) is 0 Å². The maximum absolute atomic E-state index is 12.6. The number of piperidine rings is 1. The van der Waals surface area contributed by atoms with Gasteiger partial charge in [-0.2, -0.15) is 0 Å². The molecule has 0 unspecified atom stereocenters. The van der Waals surface area contributed by atoms with Crippen molar-refractivity contribution in [1.29, 1.82) is 0 Å². The molecule has 2 aromatic carbocycles. The average molecular weight is 416 g/mol. The van der Waals surface area contributed by atoms with Gasteiger partial charge in [0.05, 0.1) is 24.3 Å². The Morgan fingerprint density at radius 1 is 1.29 bits per heavy atom. The number of nitrogens with zero attached hydrogens (tertiary/aromatic N) is 1. The summed E-state index contributed by atoms with van der Waals surface area (Å²) in [6, 6.07) is 12.0. The van der Waals surface area contributed by atoms with Gasteiger partial charge in [0.1, 0.15) is 5.60 Å². The first kappa shape index (κ1) is 17.7. The Balaban J connectivity index is 1.58. The van der Waals surface area contributed by atoms with Crippen LogP contribution in [0.3, 0.4) is 0 Å². The Bertz CT molecular complexity index is 1300. The summed E-state index contributed by atoms with van der Waals surface area (Å²) >= 11 is 0. The maximum Gasteiger partial charge on any atom is 0.219 e. The van der Waals surface area contributed by atoms with Gasteiger partial charge in [0.15, 0.2) is 17.6 Å². The Hall–Kier alpha value is -2.99. The molecule has 1 spiro atoms. The minimum atomic E-state index is -1.11. The van der Waals surface area contributed by atoms with Crippen LogP contribution in [-0.2, 0) is 23.1 Å². The molecule has 2 bridgehead atoms. The van der Waals surface area contributed by atoms with Crippen molar-refractivity contribution in [3.05, 3.63) is 58.8 Å². The molecule has 1 aromatic heterocycles. The molecule has 6 heteroatoms. The second-order valence-electron chi connectivity index (χ2n) is 9.45. The van der Waals surface area contributed by atoms with Crippen molar-refractivity contribution in [2.45, 2.75) is 49.3 Å². The normalized spacial score (nSPS) is 31.8. The number of nitrogens with one attached hydrogen (secondary N) is 1. The molecule has 3 heterocycles. The zero-order valence-electron chi connectivity index (χ0n) is 17.6. The molecule has 3 aromatic rings. The SMILES string of the molecule is COc1ccc2c3c1O[C@H]1c4[nH]c5ccccc5c4C[C@@]4(O)[C@@H](C2)N(C(C)=O)CC[C@]314. The number of benzene rings is 2. The van der Waals surface area contributed by atoms with Crippen molar-refractivity contribution < 1.29 is 19.4 Å². The van der Waals surface area contributed by atoms with E-state index in [4.69, 9.17) is 9.47 Å². The van der Waals surface area contributed by atoms with Crippen LogP contribution in [0, 0.1) is 0 Å². The summed E-state index contributed by atoms with van der Waals surface area (Å²) in [6.45, 7) is 2.23. The molecule has 6 nitrogen and oxygen atoms in total. The first-order valence-electron chi connectivity index (χ1n) is 11.0. The second kappa shape index (κ2) is 5.43. The minimum Gasteiger partial charge on any atom is -0.493 e. The Morgan fingerprint density at radius 3 is 2.94 bits per heavy atom. The molecule has 158 valence electrons.